The van der Waals surface area contributed by atoms with Gasteiger partial charge in [-0.05, 0) is 20.3 Å². The van der Waals surface area contributed by atoms with E-state index in [2.05, 4.69) is 36.3 Å². The Hall–Kier alpha value is -0.870. The van der Waals surface area contributed by atoms with Gasteiger partial charge in [0.2, 0.25) is 16.9 Å². The number of piperazine rings is 1. The van der Waals surface area contributed by atoms with Gasteiger partial charge in [0.05, 0.1) is 5.75 Å². The van der Waals surface area contributed by atoms with Crippen LogP contribution in [-0.4, -0.2) is 70.2 Å². The van der Waals surface area contributed by atoms with Crippen molar-refractivity contribution >= 4 is 56.0 Å². The number of hydrogen-bond donors (Lipinski definition) is 1. The number of rotatable bonds is 8. The molecule has 0 bridgehead atoms. The van der Waals surface area contributed by atoms with Crippen molar-refractivity contribution in [2.75, 3.05) is 42.2 Å². The molecule has 2 amide bonds. The van der Waals surface area contributed by atoms with Crippen molar-refractivity contribution in [3.63, 3.8) is 0 Å². The third-order valence-electron chi connectivity index (χ3n) is 3.60. The van der Waals surface area contributed by atoms with Crippen LogP contribution in [0.15, 0.2) is 4.34 Å². The number of halogens is 1. The van der Waals surface area contributed by atoms with Crippen LogP contribution in [0.4, 0.5) is 5.13 Å². The standard InChI is InChI=1S/C15H24BrN5O2S2/c1-11(2)17-12(22)10-24-15-19-18-14(25-15)21-8-6-20(7-9-21)13(23)4-3-5-16/h11H,3-10H2,1-2H3,(H,17,22). The zero-order valence-corrected chi connectivity index (χ0v) is 17.8. The first-order valence-electron chi connectivity index (χ1n) is 8.34. The van der Waals surface area contributed by atoms with E-state index < -0.39 is 0 Å². The van der Waals surface area contributed by atoms with E-state index in [0.717, 1.165) is 47.4 Å². The lowest BCUT2D eigenvalue weighted by Crippen LogP contribution is -2.48. The number of thioether (sulfide) groups is 1. The summed E-state index contributed by atoms with van der Waals surface area (Å²) in [4.78, 5) is 27.8. The molecule has 0 aliphatic carbocycles. The average molecular weight is 450 g/mol. The molecule has 25 heavy (non-hydrogen) atoms. The van der Waals surface area contributed by atoms with Crippen molar-refractivity contribution in [1.82, 2.24) is 20.4 Å². The van der Waals surface area contributed by atoms with Crippen molar-refractivity contribution in [3.8, 4) is 0 Å². The first-order valence-corrected chi connectivity index (χ1v) is 11.3. The van der Waals surface area contributed by atoms with Crippen molar-refractivity contribution in [2.24, 2.45) is 0 Å². The average Bonchev–Trinajstić information content (AvgIpc) is 3.06. The van der Waals surface area contributed by atoms with Crippen LogP contribution >= 0.6 is 39.0 Å². The first-order chi connectivity index (χ1) is 12.0. The molecule has 1 N–H and O–H groups in total. The van der Waals surface area contributed by atoms with E-state index in [1.165, 1.54) is 23.1 Å². The molecule has 1 aromatic rings. The Bertz CT molecular complexity index is 576. The van der Waals surface area contributed by atoms with Gasteiger partial charge in [0, 0.05) is 44.0 Å². The number of hydrogen-bond acceptors (Lipinski definition) is 7. The van der Waals surface area contributed by atoms with Gasteiger partial charge in [-0.25, -0.2) is 0 Å². The van der Waals surface area contributed by atoms with Gasteiger partial charge < -0.3 is 15.1 Å². The quantitative estimate of drug-likeness (QED) is 0.482. The Morgan fingerprint density at radius 3 is 2.64 bits per heavy atom. The smallest absolute Gasteiger partial charge is 0.230 e. The highest BCUT2D eigenvalue weighted by molar-refractivity contribution is 9.09. The van der Waals surface area contributed by atoms with Gasteiger partial charge in [-0.15, -0.1) is 10.2 Å². The van der Waals surface area contributed by atoms with Crippen LogP contribution in [0.2, 0.25) is 0 Å². The highest BCUT2D eigenvalue weighted by atomic mass is 79.9. The van der Waals surface area contributed by atoms with Crippen LogP contribution in [0.1, 0.15) is 26.7 Å². The number of carbonyl (C=O) groups excluding carboxylic acids is 2. The Labute approximate surface area is 165 Å². The molecular weight excluding hydrogens is 426 g/mol. The topological polar surface area (TPSA) is 78.4 Å². The van der Waals surface area contributed by atoms with E-state index in [-0.39, 0.29) is 17.9 Å². The predicted octanol–water partition coefficient (Wildman–Crippen LogP) is 1.98. The molecule has 0 radical (unpaired) electrons. The molecular formula is C15H24BrN5O2S2. The summed E-state index contributed by atoms with van der Waals surface area (Å²) in [6, 6.07) is 0.145. The van der Waals surface area contributed by atoms with Gasteiger partial charge in [-0.3, -0.25) is 9.59 Å². The number of anilines is 1. The van der Waals surface area contributed by atoms with Crippen molar-refractivity contribution in [1.29, 1.82) is 0 Å². The largest absolute Gasteiger partial charge is 0.353 e. The van der Waals surface area contributed by atoms with E-state index in [0.29, 0.717) is 12.2 Å². The minimum absolute atomic E-state index is 0.00681. The molecule has 1 aliphatic heterocycles. The molecule has 7 nitrogen and oxygen atoms in total. The highest BCUT2D eigenvalue weighted by Gasteiger charge is 2.23. The number of nitrogens with zero attached hydrogens (tertiary/aromatic N) is 4. The lowest BCUT2D eigenvalue weighted by atomic mass is 10.2. The zero-order chi connectivity index (χ0) is 18.2. The second-order valence-electron chi connectivity index (χ2n) is 6.02. The minimum Gasteiger partial charge on any atom is -0.353 e. The molecule has 1 fully saturated rings. The Morgan fingerprint density at radius 1 is 1.28 bits per heavy atom. The van der Waals surface area contributed by atoms with E-state index >= 15 is 0 Å². The van der Waals surface area contributed by atoms with Gasteiger partial charge >= 0.3 is 0 Å². The van der Waals surface area contributed by atoms with E-state index in [1.54, 1.807) is 0 Å². The molecule has 1 aromatic heterocycles. The summed E-state index contributed by atoms with van der Waals surface area (Å²) >= 11 is 6.27. The third kappa shape index (κ3) is 6.74. The summed E-state index contributed by atoms with van der Waals surface area (Å²) in [5, 5.41) is 13.0. The Kier molecular flexibility index (Phi) is 8.44. The summed E-state index contributed by atoms with van der Waals surface area (Å²) in [6.45, 7) is 6.87. The molecule has 0 saturated carbocycles. The third-order valence-corrected chi connectivity index (χ3v) is 6.28. The summed E-state index contributed by atoms with van der Waals surface area (Å²) in [7, 11) is 0. The maximum Gasteiger partial charge on any atom is 0.230 e. The number of aromatic nitrogens is 2. The fourth-order valence-corrected chi connectivity index (χ4v) is 4.39. The molecule has 1 aliphatic rings. The van der Waals surface area contributed by atoms with Crippen LogP contribution < -0.4 is 10.2 Å². The molecule has 0 spiro atoms. The highest BCUT2D eigenvalue weighted by Crippen LogP contribution is 2.28. The maximum atomic E-state index is 12.0. The van der Waals surface area contributed by atoms with Gasteiger partial charge in [0.25, 0.3) is 0 Å². The van der Waals surface area contributed by atoms with Crippen LogP contribution in [0, 0.1) is 0 Å². The van der Waals surface area contributed by atoms with E-state index in [9.17, 15) is 9.59 Å². The number of carbonyl (C=O) groups is 2. The van der Waals surface area contributed by atoms with Crippen LogP contribution in [0.3, 0.4) is 0 Å². The van der Waals surface area contributed by atoms with Gasteiger partial charge in [-0.1, -0.05) is 39.0 Å². The van der Waals surface area contributed by atoms with Crippen molar-refractivity contribution < 1.29 is 9.59 Å². The number of amides is 2. The van der Waals surface area contributed by atoms with E-state index in [1.807, 2.05) is 18.7 Å². The predicted molar refractivity (Wildman–Crippen MR) is 106 cm³/mol. The molecule has 0 aromatic carbocycles. The van der Waals surface area contributed by atoms with Crippen LogP contribution in [0.25, 0.3) is 0 Å². The molecule has 0 unspecified atom stereocenters. The fourth-order valence-electron chi connectivity index (χ4n) is 2.40. The number of nitrogens with one attached hydrogen (secondary N) is 1. The van der Waals surface area contributed by atoms with Crippen molar-refractivity contribution in [3.05, 3.63) is 0 Å². The monoisotopic (exact) mass is 449 g/mol. The van der Waals surface area contributed by atoms with Crippen LogP contribution in [0.5, 0.6) is 0 Å². The molecule has 140 valence electrons. The van der Waals surface area contributed by atoms with Gasteiger partial charge in [0.15, 0.2) is 4.34 Å². The first kappa shape index (κ1) is 20.4. The second-order valence-corrected chi connectivity index (χ2v) is 8.99. The normalized spacial score (nSPS) is 14.9. The van der Waals surface area contributed by atoms with Crippen LogP contribution in [-0.2, 0) is 9.59 Å². The van der Waals surface area contributed by atoms with Gasteiger partial charge in [-0.2, -0.15) is 0 Å². The maximum absolute atomic E-state index is 12.0. The minimum atomic E-state index is 0.00681. The summed E-state index contributed by atoms with van der Waals surface area (Å²) < 4.78 is 0.796. The summed E-state index contributed by atoms with van der Waals surface area (Å²) in [5.74, 6) is 0.582. The lowest BCUT2D eigenvalue weighted by Gasteiger charge is -2.34. The van der Waals surface area contributed by atoms with Crippen molar-refractivity contribution in [2.45, 2.75) is 37.1 Å². The second kappa shape index (κ2) is 10.3. The molecule has 2 heterocycles. The Morgan fingerprint density at radius 2 is 2.00 bits per heavy atom. The lowest BCUT2D eigenvalue weighted by molar-refractivity contribution is -0.131. The summed E-state index contributed by atoms with van der Waals surface area (Å²) in [6.07, 6.45) is 1.48. The van der Waals surface area contributed by atoms with Gasteiger partial charge in [0.1, 0.15) is 0 Å². The Balaban J connectivity index is 1.77. The fraction of sp³-hybridized carbons (Fsp3) is 0.733. The molecule has 10 heteroatoms. The molecule has 0 atom stereocenters. The summed E-state index contributed by atoms with van der Waals surface area (Å²) in [5.41, 5.74) is 0. The number of alkyl halides is 1. The molecule has 1 saturated heterocycles. The van der Waals surface area contributed by atoms with E-state index in [4.69, 9.17) is 0 Å². The zero-order valence-electron chi connectivity index (χ0n) is 14.5. The SMILES string of the molecule is CC(C)NC(=O)CSc1nnc(N2CCN(C(=O)CCCBr)CC2)s1. The molecule has 2 rings (SSSR count).